The summed E-state index contributed by atoms with van der Waals surface area (Å²) in [5, 5.41) is 13.8. The lowest BCUT2D eigenvalue weighted by molar-refractivity contribution is 0.111. The second kappa shape index (κ2) is 5.21. The van der Waals surface area contributed by atoms with Gasteiger partial charge in [-0.25, -0.2) is 4.98 Å². The number of aliphatic hydroxyl groups is 1. The third-order valence-electron chi connectivity index (χ3n) is 4.50. The van der Waals surface area contributed by atoms with Crippen LogP contribution in [0.15, 0.2) is 42.6 Å². The van der Waals surface area contributed by atoms with Crippen molar-refractivity contribution in [2.45, 2.75) is 25.5 Å². The van der Waals surface area contributed by atoms with E-state index in [1.165, 1.54) is 0 Å². The number of imidazole rings is 1. The minimum Gasteiger partial charge on any atom is -0.390 e. The quantitative estimate of drug-likeness (QED) is 0.730. The van der Waals surface area contributed by atoms with Crippen LogP contribution in [0.25, 0.3) is 5.65 Å². The van der Waals surface area contributed by atoms with Crippen molar-refractivity contribution in [3.8, 4) is 0 Å². The van der Waals surface area contributed by atoms with Crippen molar-refractivity contribution in [2.24, 2.45) is 0 Å². The van der Waals surface area contributed by atoms with Gasteiger partial charge in [0, 0.05) is 12.6 Å². The van der Waals surface area contributed by atoms with Crippen LogP contribution in [-0.2, 0) is 6.42 Å². The Morgan fingerprint density at radius 3 is 2.96 bits per heavy atom. The van der Waals surface area contributed by atoms with E-state index in [1.807, 2.05) is 49.5 Å². The first-order valence-corrected chi connectivity index (χ1v) is 7.64. The summed E-state index contributed by atoms with van der Waals surface area (Å²) in [5.74, 6) is 0. The Kier molecular flexibility index (Phi) is 3.16. The molecule has 5 nitrogen and oxygen atoms in total. The van der Waals surface area contributed by atoms with Gasteiger partial charge in [0.05, 0.1) is 23.5 Å². The van der Waals surface area contributed by atoms with E-state index in [1.54, 1.807) is 4.40 Å². The molecule has 5 heteroatoms. The van der Waals surface area contributed by atoms with E-state index in [0.29, 0.717) is 23.5 Å². The van der Waals surface area contributed by atoms with Gasteiger partial charge in [-0.05, 0) is 30.2 Å². The van der Waals surface area contributed by atoms with Gasteiger partial charge in [0.2, 0.25) is 0 Å². The van der Waals surface area contributed by atoms with Gasteiger partial charge >= 0.3 is 0 Å². The van der Waals surface area contributed by atoms with E-state index < -0.39 is 6.10 Å². The van der Waals surface area contributed by atoms with Gasteiger partial charge in [-0.2, -0.15) is 0 Å². The number of aromatic nitrogens is 2. The minimum atomic E-state index is -0.478. The molecule has 2 atom stereocenters. The molecule has 1 aliphatic rings. The molecular formula is C18H17N3O2. The minimum absolute atomic E-state index is 0.172. The molecule has 0 amide bonds. The number of rotatable bonds is 3. The number of pyridine rings is 1. The van der Waals surface area contributed by atoms with Crippen LogP contribution in [0.2, 0.25) is 0 Å². The molecule has 0 fully saturated rings. The zero-order valence-corrected chi connectivity index (χ0v) is 12.7. The Hall–Kier alpha value is -2.66. The van der Waals surface area contributed by atoms with Crippen molar-refractivity contribution < 1.29 is 9.90 Å². The monoisotopic (exact) mass is 307 g/mol. The lowest BCUT2D eigenvalue weighted by Gasteiger charge is -2.19. The molecule has 0 radical (unpaired) electrons. The van der Waals surface area contributed by atoms with E-state index in [-0.39, 0.29) is 6.04 Å². The van der Waals surface area contributed by atoms with Crippen LogP contribution in [0.4, 0.5) is 5.69 Å². The number of aldehydes is 1. The van der Waals surface area contributed by atoms with Crippen molar-refractivity contribution in [1.82, 2.24) is 9.38 Å². The van der Waals surface area contributed by atoms with Crippen molar-refractivity contribution in [3.63, 3.8) is 0 Å². The SMILES string of the molecule is Cc1nc2c(N[C@@H]3c4ccccc4C[C@H]3O)cccn2c1C=O. The zero-order valence-electron chi connectivity index (χ0n) is 12.7. The van der Waals surface area contributed by atoms with Crippen LogP contribution >= 0.6 is 0 Å². The predicted octanol–water partition coefficient (Wildman–Crippen LogP) is 2.53. The molecule has 0 spiro atoms. The maximum Gasteiger partial charge on any atom is 0.168 e. The molecule has 1 aromatic carbocycles. The normalized spacial score (nSPS) is 19.7. The maximum atomic E-state index is 11.3. The Morgan fingerprint density at radius 2 is 2.13 bits per heavy atom. The van der Waals surface area contributed by atoms with E-state index in [4.69, 9.17) is 0 Å². The first-order valence-electron chi connectivity index (χ1n) is 7.64. The van der Waals surface area contributed by atoms with Crippen molar-refractivity contribution in [3.05, 3.63) is 65.1 Å². The van der Waals surface area contributed by atoms with Crippen LogP contribution in [0, 0.1) is 6.92 Å². The van der Waals surface area contributed by atoms with Gasteiger partial charge in [0.1, 0.15) is 5.69 Å². The number of carbonyl (C=O) groups is 1. The van der Waals surface area contributed by atoms with Gasteiger partial charge in [0.25, 0.3) is 0 Å². The first-order chi connectivity index (χ1) is 11.2. The van der Waals surface area contributed by atoms with Gasteiger partial charge in [-0.3, -0.25) is 9.20 Å². The topological polar surface area (TPSA) is 66.6 Å². The van der Waals surface area contributed by atoms with E-state index in [9.17, 15) is 9.90 Å². The molecule has 1 aliphatic carbocycles. The molecule has 0 unspecified atom stereocenters. The van der Waals surface area contributed by atoms with Crippen LogP contribution < -0.4 is 5.32 Å². The molecule has 0 bridgehead atoms. The number of aliphatic hydroxyl groups excluding tert-OH is 1. The van der Waals surface area contributed by atoms with Crippen LogP contribution in [0.3, 0.4) is 0 Å². The average molecular weight is 307 g/mol. The summed E-state index contributed by atoms with van der Waals surface area (Å²) in [5.41, 5.74) is 5.03. The van der Waals surface area contributed by atoms with Crippen molar-refractivity contribution >= 4 is 17.6 Å². The van der Waals surface area contributed by atoms with E-state index >= 15 is 0 Å². The fraction of sp³-hybridized carbons (Fsp3) is 0.222. The van der Waals surface area contributed by atoms with E-state index in [0.717, 1.165) is 23.1 Å². The third kappa shape index (κ3) is 2.12. The molecule has 0 aliphatic heterocycles. The molecule has 4 rings (SSSR count). The lowest BCUT2D eigenvalue weighted by atomic mass is 10.1. The zero-order chi connectivity index (χ0) is 16.0. The summed E-state index contributed by atoms with van der Waals surface area (Å²) in [7, 11) is 0. The molecule has 23 heavy (non-hydrogen) atoms. The Morgan fingerprint density at radius 1 is 1.30 bits per heavy atom. The number of nitrogens with one attached hydrogen (secondary N) is 1. The molecule has 116 valence electrons. The number of fused-ring (bicyclic) bond motifs is 2. The summed E-state index contributed by atoms with van der Waals surface area (Å²) in [6, 6.07) is 11.7. The Labute approximate surface area is 133 Å². The van der Waals surface area contributed by atoms with Crippen LogP contribution in [0.5, 0.6) is 0 Å². The number of carbonyl (C=O) groups excluding carboxylic acids is 1. The second-order valence-corrected chi connectivity index (χ2v) is 5.91. The molecule has 2 heterocycles. The van der Waals surface area contributed by atoms with Crippen molar-refractivity contribution in [1.29, 1.82) is 0 Å². The fourth-order valence-corrected chi connectivity index (χ4v) is 3.37. The predicted molar refractivity (Wildman–Crippen MR) is 87.8 cm³/mol. The third-order valence-corrected chi connectivity index (χ3v) is 4.50. The highest BCUT2D eigenvalue weighted by atomic mass is 16.3. The van der Waals surface area contributed by atoms with Crippen LogP contribution in [0.1, 0.15) is 33.4 Å². The number of hydrogen-bond acceptors (Lipinski definition) is 4. The fourth-order valence-electron chi connectivity index (χ4n) is 3.37. The van der Waals surface area contributed by atoms with E-state index in [2.05, 4.69) is 10.3 Å². The second-order valence-electron chi connectivity index (χ2n) is 5.91. The number of benzene rings is 1. The summed E-state index contributed by atoms with van der Waals surface area (Å²) >= 11 is 0. The smallest absolute Gasteiger partial charge is 0.168 e. The molecule has 0 saturated heterocycles. The number of hydrogen-bond donors (Lipinski definition) is 2. The Balaban J connectivity index is 1.78. The number of aryl methyl sites for hydroxylation is 1. The average Bonchev–Trinajstić information content (AvgIpc) is 3.04. The highest BCUT2D eigenvalue weighted by Gasteiger charge is 2.31. The number of anilines is 1. The first kappa shape index (κ1) is 14.0. The Bertz CT molecular complexity index is 900. The maximum absolute atomic E-state index is 11.3. The summed E-state index contributed by atoms with van der Waals surface area (Å²) in [6.07, 6.45) is 2.81. The molecule has 0 saturated carbocycles. The number of nitrogens with zero attached hydrogens (tertiary/aromatic N) is 2. The van der Waals surface area contributed by atoms with Gasteiger partial charge in [-0.15, -0.1) is 0 Å². The highest BCUT2D eigenvalue weighted by molar-refractivity contribution is 5.80. The summed E-state index contributed by atoms with van der Waals surface area (Å²) in [4.78, 5) is 15.7. The molecule has 3 aromatic rings. The summed E-state index contributed by atoms with van der Waals surface area (Å²) in [6.45, 7) is 1.82. The largest absolute Gasteiger partial charge is 0.390 e. The standard InChI is InChI=1S/C18H17N3O2/c1-11-15(10-22)21-8-4-7-14(18(21)19-11)20-17-13-6-3-2-5-12(13)9-16(17)23/h2-8,10,16-17,20,23H,9H2,1H3/t16-,17-/m1/s1. The summed E-state index contributed by atoms with van der Waals surface area (Å²) < 4.78 is 1.78. The van der Waals surface area contributed by atoms with Crippen molar-refractivity contribution in [2.75, 3.05) is 5.32 Å². The van der Waals surface area contributed by atoms with Gasteiger partial charge < -0.3 is 10.4 Å². The van der Waals surface area contributed by atoms with Gasteiger partial charge in [0.15, 0.2) is 11.9 Å². The molecule has 2 aromatic heterocycles. The molecular weight excluding hydrogens is 290 g/mol. The highest BCUT2D eigenvalue weighted by Crippen LogP contribution is 2.35. The molecule has 2 N–H and O–H groups in total. The lowest BCUT2D eigenvalue weighted by Crippen LogP contribution is -2.21. The van der Waals surface area contributed by atoms with Gasteiger partial charge in [-0.1, -0.05) is 24.3 Å². The van der Waals surface area contributed by atoms with Crippen LogP contribution in [-0.4, -0.2) is 26.9 Å².